The van der Waals surface area contributed by atoms with Gasteiger partial charge in [-0.1, -0.05) is 0 Å². The Bertz CT molecular complexity index is 787. The first kappa shape index (κ1) is 18.3. The van der Waals surface area contributed by atoms with E-state index in [1.165, 1.54) is 0 Å². The lowest BCUT2D eigenvalue weighted by atomic mass is 10.1. The quantitative estimate of drug-likeness (QED) is 0.793. The maximum atomic E-state index is 13.0. The number of aromatic nitrogens is 2. The number of rotatable bonds is 6. The molecule has 1 saturated heterocycles. The lowest BCUT2D eigenvalue weighted by molar-refractivity contribution is 0.0783. The van der Waals surface area contributed by atoms with Gasteiger partial charge in [0.15, 0.2) is 0 Å². The number of hydrogen-bond donors (Lipinski definition) is 0. The fourth-order valence-electron chi connectivity index (χ4n) is 3.51. The van der Waals surface area contributed by atoms with Crippen LogP contribution in [0, 0.1) is 6.92 Å². The predicted octanol–water partition coefficient (Wildman–Crippen LogP) is 2.44. The highest BCUT2D eigenvalue weighted by Gasteiger charge is 2.31. The molecule has 1 atom stereocenters. The van der Waals surface area contributed by atoms with E-state index in [2.05, 4.69) is 9.55 Å². The van der Waals surface area contributed by atoms with E-state index in [0.717, 1.165) is 17.9 Å². The minimum atomic E-state index is -0.0296. The fourth-order valence-corrected chi connectivity index (χ4v) is 3.51. The van der Waals surface area contributed by atoms with Crippen LogP contribution >= 0.6 is 0 Å². The molecule has 26 heavy (non-hydrogen) atoms. The maximum Gasteiger partial charge on any atom is 0.257 e. The Hall–Kier alpha value is -2.54. The molecule has 2 heterocycles. The zero-order chi connectivity index (χ0) is 18.7. The van der Waals surface area contributed by atoms with Gasteiger partial charge in [0, 0.05) is 38.2 Å². The third-order valence-corrected chi connectivity index (χ3v) is 4.79. The number of ether oxygens (including phenoxy) is 3. The summed E-state index contributed by atoms with van der Waals surface area (Å²) in [6.07, 6.45) is 2.74. The molecule has 1 amide bonds. The SMILES string of the molecule is COCc1ncc(C)n1C1CCN(C(=O)c2ccc(OC)cc2OC)C1. The van der Waals surface area contributed by atoms with Crippen molar-refractivity contribution in [2.24, 2.45) is 0 Å². The third kappa shape index (κ3) is 3.39. The number of carbonyl (C=O) groups is 1. The van der Waals surface area contributed by atoms with Crippen LogP contribution in [-0.4, -0.2) is 54.8 Å². The summed E-state index contributed by atoms with van der Waals surface area (Å²) in [4.78, 5) is 19.3. The summed E-state index contributed by atoms with van der Waals surface area (Å²) in [6.45, 7) is 3.83. The summed E-state index contributed by atoms with van der Waals surface area (Å²) < 4.78 is 18.0. The molecule has 0 bridgehead atoms. The Balaban J connectivity index is 1.79. The lowest BCUT2D eigenvalue weighted by Crippen LogP contribution is -2.29. The average Bonchev–Trinajstić information content (AvgIpc) is 3.27. The molecule has 7 heteroatoms. The second-order valence-corrected chi connectivity index (χ2v) is 6.38. The topological polar surface area (TPSA) is 65.8 Å². The Morgan fingerprint density at radius 1 is 1.27 bits per heavy atom. The van der Waals surface area contributed by atoms with Gasteiger partial charge in [-0.15, -0.1) is 0 Å². The molecule has 1 unspecified atom stereocenters. The predicted molar refractivity (Wildman–Crippen MR) is 96.8 cm³/mol. The second kappa shape index (κ2) is 7.78. The summed E-state index contributed by atoms with van der Waals surface area (Å²) in [5.74, 6) is 2.05. The van der Waals surface area contributed by atoms with Gasteiger partial charge in [-0.05, 0) is 25.5 Å². The summed E-state index contributed by atoms with van der Waals surface area (Å²) in [6, 6.07) is 5.47. The van der Waals surface area contributed by atoms with Crippen molar-refractivity contribution in [1.29, 1.82) is 0 Å². The Kier molecular flexibility index (Phi) is 5.46. The molecule has 1 aromatic carbocycles. The number of methoxy groups -OCH3 is 3. The van der Waals surface area contributed by atoms with E-state index in [-0.39, 0.29) is 11.9 Å². The molecule has 7 nitrogen and oxygen atoms in total. The van der Waals surface area contributed by atoms with Gasteiger partial charge >= 0.3 is 0 Å². The van der Waals surface area contributed by atoms with E-state index in [9.17, 15) is 4.79 Å². The Morgan fingerprint density at radius 2 is 2.08 bits per heavy atom. The van der Waals surface area contributed by atoms with Gasteiger partial charge in [0.1, 0.15) is 23.9 Å². The maximum absolute atomic E-state index is 13.0. The van der Waals surface area contributed by atoms with Gasteiger partial charge in [0.2, 0.25) is 0 Å². The van der Waals surface area contributed by atoms with E-state index in [1.807, 2.05) is 18.0 Å². The molecule has 1 fully saturated rings. The van der Waals surface area contributed by atoms with Gasteiger partial charge in [-0.3, -0.25) is 4.79 Å². The molecule has 0 saturated carbocycles. The fraction of sp³-hybridized carbons (Fsp3) is 0.474. The van der Waals surface area contributed by atoms with E-state index < -0.39 is 0 Å². The van der Waals surface area contributed by atoms with Crippen molar-refractivity contribution in [2.75, 3.05) is 34.4 Å². The van der Waals surface area contributed by atoms with Crippen molar-refractivity contribution in [1.82, 2.24) is 14.5 Å². The van der Waals surface area contributed by atoms with E-state index in [4.69, 9.17) is 14.2 Å². The van der Waals surface area contributed by atoms with Crippen molar-refractivity contribution in [2.45, 2.75) is 26.0 Å². The van der Waals surface area contributed by atoms with E-state index in [1.54, 1.807) is 39.5 Å². The zero-order valence-corrected chi connectivity index (χ0v) is 15.7. The van der Waals surface area contributed by atoms with Gasteiger partial charge in [-0.2, -0.15) is 0 Å². The number of imidazole rings is 1. The first-order valence-corrected chi connectivity index (χ1v) is 8.62. The smallest absolute Gasteiger partial charge is 0.257 e. The Labute approximate surface area is 153 Å². The van der Waals surface area contributed by atoms with Gasteiger partial charge in [-0.25, -0.2) is 4.98 Å². The molecular weight excluding hydrogens is 334 g/mol. The number of aryl methyl sites for hydroxylation is 1. The molecule has 0 N–H and O–H groups in total. The first-order chi connectivity index (χ1) is 12.6. The highest BCUT2D eigenvalue weighted by atomic mass is 16.5. The van der Waals surface area contributed by atoms with E-state index >= 15 is 0 Å². The van der Waals surface area contributed by atoms with Crippen LogP contribution in [0.4, 0.5) is 0 Å². The van der Waals surface area contributed by atoms with Crippen LogP contribution in [-0.2, 0) is 11.3 Å². The molecule has 140 valence electrons. The molecule has 0 aliphatic carbocycles. The summed E-state index contributed by atoms with van der Waals surface area (Å²) in [5.41, 5.74) is 1.63. The van der Waals surface area contributed by atoms with Crippen molar-refractivity contribution >= 4 is 5.91 Å². The highest BCUT2D eigenvalue weighted by Crippen LogP contribution is 2.30. The van der Waals surface area contributed by atoms with Gasteiger partial charge in [0.25, 0.3) is 5.91 Å². The number of benzene rings is 1. The van der Waals surface area contributed by atoms with Crippen LogP contribution in [0.3, 0.4) is 0 Å². The number of carbonyl (C=O) groups excluding carboxylic acids is 1. The third-order valence-electron chi connectivity index (χ3n) is 4.79. The van der Waals surface area contributed by atoms with Gasteiger partial charge in [0.05, 0.1) is 25.8 Å². The number of amides is 1. The minimum absolute atomic E-state index is 0.0296. The van der Waals surface area contributed by atoms with Crippen LogP contribution < -0.4 is 9.47 Å². The molecule has 0 spiro atoms. The standard InChI is InChI=1S/C19H25N3O4/c1-13-10-20-18(12-24-2)22(13)14-7-8-21(11-14)19(23)16-6-5-15(25-3)9-17(16)26-4/h5-6,9-10,14H,7-8,11-12H2,1-4H3. The average molecular weight is 359 g/mol. The molecular formula is C19H25N3O4. The largest absolute Gasteiger partial charge is 0.497 e. The monoisotopic (exact) mass is 359 g/mol. The van der Waals surface area contributed by atoms with Crippen LogP contribution in [0.25, 0.3) is 0 Å². The highest BCUT2D eigenvalue weighted by molar-refractivity contribution is 5.97. The first-order valence-electron chi connectivity index (χ1n) is 8.62. The van der Waals surface area contributed by atoms with Crippen molar-refractivity contribution in [3.63, 3.8) is 0 Å². The van der Waals surface area contributed by atoms with Crippen molar-refractivity contribution in [3.8, 4) is 11.5 Å². The second-order valence-electron chi connectivity index (χ2n) is 6.38. The summed E-state index contributed by atoms with van der Waals surface area (Å²) >= 11 is 0. The van der Waals surface area contributed by atoms with Crippen LogP contribution in [0.1, 0.15) is 34.3 Å². The van der Waals surface area contributed by atoms with Crippen LogP contribution in [0.5, 0.6) is 11.5 Å². The molecule has 0 radical (unpaired) electrons. The molecule has 1 aliphatic rings. The van der Waals surface area contributed by atoms with E-state index in [0.29, 0.717) is 36.8 Å². The van der Waals surface area contributed by atoms with Crippen LogP contribution in [0.15, 0.2) is 24.4 Å². The normalized spacial score (nSPS) is 16.8. The molecule has 3 rings (SSSR count). The Morgan fingerprint density at radius 3 is 2.77 bits per heavy atom. The lowest BCUT2D eigenvalue weighted by Gasteiger charge is -2.20. The molecule has 1 aromatic heterocycles. The zero-order valence-electron chi connectivity index (χ0n) is 15.7. The van der Waals surface area contributed by atoms with Crippen molar-refractivity contribution < 1.29 is 19.0 Å². The number of hydrogen-bond acceptors (Lipinski definition) is 5. The molecule has 1 aliphatic heterocycles. The minimum Gasteiger partial charge on any atom is -0.497 e. The van der Waals surface area contributed by atoms with Crippen LogP contribution in [0.2, 0.25) is 0 Å². The van der Waals surface area contributed by atoms with Crippen molar-refractivity contribution in [3.05, 3.63) is 41.5 Å². The van der Waals surface area contributed by atoms with Gasteiger partial charge < -0.3 is 23.7 Å². The summed E-state index contributed by atoms with van der Waals surface area (Å²) in [5, 5.41) is 0. The molecule has 2 aromatic rings. The number of nitrogens with zero attached hydrogens (tertiary/aromatic N) is 3. The number of likely N-dealkylation sites (tertiary alicyclic amines) is 1. The summed E-state index contributed by atoms with van der Waals surface area (Å²) in [7, 11) is 4.81.